The lowest BCUT2D eigenvalue weighted by Crippen LogP contribution is -2.37. The molecule has 0 radical (unpaired) electrons. The summed E-state index contributed by atoms with van der Waals surface area (Å²) >= 11 is 0. The third kappa shape index (κ3) is 6.74. The van der Waals surface area contributed by atoms with Gasteiger partial charge in [0.1, 0.15) is 0 Å². The number of hydrogen-bond donors (Lipinski definition) is 1. The van der Waals surface area contributed by atoms with Crippen LogP contribution in [-0.2, 0) is 16.4 Å². The van der Waals surface area contributed by atoms with Crippen molar-refractivity contribution in [1.29, 1.82) is 0 Å². The number of anilines is 1. The maximum Gasteiger partial charge on any atom is 0.322 e. The van der Waals surface area contributed by atoms with E-state index in [1.807, 2.05) is 58.9 Å². The van der Waals surface area contributed by atoms with Gasteiger partial charge in [-0.05, 0) is 48.6 Å². The lowest BCUT2D eigenvalue weighted by atomic mass is 10.1. The number of amides is 1. The fourth-order valence-corrected chi connectivity index (χ4v) is 5.21. The fraction of sp³-hybridized carbons (Fsp3) is 0.400. The number of aromatic nitrogens is 2. The molecule has 182 valence electrons. The van der Waals surface area contributed by atoms with Crippen LogP contribution in [0, 0.1) is 18.8 Å². The summed E-state index contributed by atoms with van der Waals surface area (Å²) in [5.41, 5.74) is 2.47. The van der Waals surface area contributed by atoms with Crippen molar-refractivity contribution in [2.24, 2.45) is 11.8 Å². The van der Waals surface area contributed by atoms with Crippen molar-refractivity contribution >= 4 is 21.9 Å². The van der Waals surface area contributed by atoms with Gasteiger partial charge in [0.25, 0.3) is 5.91 Å². The van der Waals surface area contributed by atoms with E-state index in [0.29, 0.717) is 25.4 Å². The Kier molecular flexibility index (Phi) is 8.22. The molecule has 34 heavy (non-hydrogen) atoms. The summed E-state index contributed by atoms with van der Waals surface area (Å²) < 4.78 is 33.3. The summed E-state index contributed by atoms with van der Waals surface area (Å²) in [4.78, 5) is 12.8. The van der Waals surface area contributed by atoms with Crippen molar-refractivity contribution in [3.8, 4) is 0 Å². The molecule has 0 bridgehead atoms. The zero-order valence-corrected chi connectivity index (χ0v) is 21.1. The predicted molar refractivity (Wildman–Crippen MR) is 131 cm³/mol. The topological polar surface area (TPSA) is 105 Å². The molecule has 8 nitrogen and oxygen atoms in total. The number of nitrogens with one attached hydrogen (secondary N) is 1. The number of nitrogens with zero attached hydrogens (tertiary/aromatic N) is 3. The number of carbonyl (C=O) groups is 1. The van der Waals surface area contributed by atoms with Crippen LogP contribution in [-0.4, -0.2) is 41.9 Å². The molecule has 0 aliphatic rings. The molecule has 1 amide bonds. The molecule has 0 saturated carbocycles. The highest BCUT2D eigenvalue weighted by molar-refractivity contribution is 7.89. The molecule has 0 atom stereocenters. The van der Waals surface area contributed by atoms with Crippen molar-refractivity contribution in [3.63, 3.8) is 0 Å². The van der Waals surface area contributed by atoms with E-state index >= 15 is 0 Å². The molecule has 1 aromatic heterocycles. The molecule has 2 aromatic carbocycles. The molecule has 0 unspecified atom stereocenters. The van der Waals surface area contributed by atoms with Crippen molar-refractivity contribution in [2.45, 2.75) is 45.9 Å². The average molecular weight is 485 g/mol. The third-order valence-electron chi connectivity index (χ3n) is 5.06. The van der Waals surface area contributed by atoms with Crippen molar-refractivity contribution < 1.29 is 17.6 Å². The molecule has 9 heteroatoms. The second-order valence-electron chi connectivity index (χ2n) is 9.25. The van der Waals surface area contributed by atoms with Crippen LogP contribution in [0.15, 0.2) is 57.8 Å². The first-order valence-corrected chi connectivity index (χ1v) is 12.8. The van der Waals surface area contributed by atoms with Crippen molar-refractivity contribution in [1.82, 2.24) is 14.5 Å². The maximum absolute atomic E-state index is 13.1. The summed E-state index contributed by atoms with van der Waals surface area (Å²) in [6.07, 6.45) is 0.457. The Labute approximate surface area is 201 Å². The molecule has 0 saturated heterocycles. The fourth-order valence-electron chi connectivity index (χ4n) is 3.44. The van der Waals surface area contributed by atoms with Crippen LogP contribution >= 0.6 is 0 Å². The standard InChI is InChI=1S/C25H32N4O4S/c1-17(2)15-29(16-18(3)4)34(31,32)22-12-10-21(11-13-22)24(30)26-25-28-27-23(33-25)14-20-8-6-19(5)7-9-20/h6-13,17-18H,14-16H2,1-5H3,(H,26,28,30). The molecule has 0 aliphatic carbocycles. The smallest absolute Gasteiger partial charge is 0.322 e. The Hall–Kier alpha value is -3.04. The van der Waals surface area contributed by atoms with Gasteiger partial charge >= 0.3 is 6.01 Å². The first-order valence-electron chi connectivity index (χ1n) is 11.3. The number of hydrogen-bond acceptors (Lipinski definition) is 6. The van der Waals surface area contributed by atoms with Crippen LogP contribution in [0.3, 0.4) is 0 Å². The molecule has 1 heterocycles. The largest absolute Gasteiger partial charge is 0.407 e. The van der Waals surface area contributed by atoms with Gasteiger partial charge in [-0.3, -0.25) is 10.1 Å². The monoisotopic (exact) mass is 484 g/mol. The number of rotatable bonds is 10. The van der Waals surface area contributed by atoms with Gasteiger partial charge in [0, 0.05) is 18.7 Å². The maximum atomic E-state index is 13.1. The summed E-state index contributed by atoms with van der Waals surface area (Å²) in [6.45, 7) is 10.8. The van der Waals surface area contributed by atoms with Crippen LogP contribution in [0.25, 0.3) is 0 Å². The number of aryl methyl sites for hydroxylation is 1. The molecule has 1 N–H and O–H groups in total. The van der Waals surface area contributed by atoms with E-state index in [2.05, 4.69) is 15.5 Å². The van der Waals surface area contributed by atoms with E-state index in [4.69, 9.17) is 4.42 Å². The minimum atomic E-state index is -3.66. The molecule has 0 spiro atoms. The highest BCUT2D eigenvalue weighted by atomic mass is 32.2. The molecule has 0 fully saturated rings. The molecule has 0 aliphatic heterocycles. The van der Waals surface area contributed by atoms with E-state index in [9.17, 15) is 13.2 Å². The molecule has 3 rings (SSSR count). The summed E-state index contributed by atoms with van der Waals surface area (Å²) in [7, 11) is -3.66. The SMILES string of the molecule is Cc1ccc(Cc2nnc(NC(=O)c3ccc(S(=O)(=O)N(CC(C)C)CC(C)C)cc3)o2)cc1. The van der Waals surface area contributed by atoms with Gasteiger partial charge in [0.15, 0.2) is 0 Å². The lowest BCUT2D eigenvalue weighted by molar-refractivity contribution is 0.102. The second-order valence-corrected chi connectivity index (χ2v) is 11.2. The normalized spacial score (nSPS) is 12.0. The zero-order chi connectivity index (χ0) is 24.9. The van der Waals surface area contributed by atoms with Crippen LogP contribution < -0.4 is 5.32 Å². The first kappa shape index (κ1) is 25.6. The van der Waals surface area contributed by atoms with Gasteiger partial charge in [-0.1, -0.05) is 62.6 Å². The van der Waals surface area contributed by atoms with E-state index in [1.165, 1.54) is 28.6 Å². The Bertz CT molecular complexity index is 1190. The van der Waals surface area contributed by atoms with Crippen molar-refractivity contribution in [2.75, 3.05) is 18.4 Å². The number of benzene rings is 2. The van der Waals surface area contributed by atoms with Gasteiger partial charge in [0.05, 0.1) is 11.3 Å². The Morgan fingerprint density at radius 1 is 0.941 bits per heavy atom. The van der Waals surface area contributed by atoms with E-state index < -0.39 is 15.9 Å². The van der Waals surface area contributed by atoms with Gasteiger partial charge in [0.2, 0.25) is 15.9 Å². The first-order chi connectivity index (χ1) is 16.0. The van der Waals surface area contributed by atoms with Gasteiger partial charge in [-0.15, -0.1) is 5.10 Å². The van der Waals surface area contributed by atoms with E-state index in [0.717, 1.165) is 11.1 Å². The highest BCUT2D eigenvalue weighted by Gasteiger charge is 2.26. The average Bonchev–Trinajstić information content (AvgIpc) is 3.21. The van der Waals surface area contributed by atoms with Gasteiger partial charge in [-0.25, -0.2) is 8.42 Å². The molecular formula is C25H32N4O4S. The minimum Gasteiger partial charge on any atom is -0.407 e. The zero-order valence-electron chi connectivity index (χ0n) is 20.3. The Morgan fingerprint density at radius 2 is 1.53 bits per heavy atom. The Morgan fingerprint density at radius 3 is 2.09 bits per heavy atom. The number of sulfonamides is 1. The molecule has 3 aromatic rings. The summed E-state index contributed by atoms with van der Waals surface area (Å²) in [5.74, 6) is 0.319. The highest BCUT2D eigenvalue weighted by Crippen LogP contribution is 2.20. The van der Waals surface area contributed by atoms with E-state index in [1.54, 1.807) is 0 Å². The van der Waals surface area contributed by atoms with Crippen LogP contribution in [0.4, 0.5) is 6.01 Å². The van der Waals surface area contributed by atoms with Gasteiger partial charge < -0.3 is 4.42 Å². The quantitative estimate of drug-likeness (QED) is 0.453. The predicted octanol–water partition coefficient (Wildman–Crippen LogP) is 4.52. The lowest BCUT2D eigenvalue weighted by Gasteiger charge is -2.25. The summed E-state index contributed by atoms with van der Waals surface area (Å²) in [6, 6.07) is 13.8. The minimum absolute atomic E-state index is 0.0103. The van der Waals surface area contributed by atoms with Crippen LogP contribution in [0.2, 0.25) is 0 Å². The van der Waals surface area contributed by atoms with Gasteiger partial charge in [-0.2, -0.15) is 4.31 Å². The van der Waals surface area contributed by atoms with Crippen LogP contribution in [0.5, 0.6) is 0 Å². The molecular weight excluding hydrogens is 452 g/mol. The summed E-state index contributed by atoms with van der Waals surface area (Å²) in [5, 5.41) is 10.4. The van der Waals surface area contributed by atoms with E-state index in [-0.39, 0.29) is 28.3 Å². The third-order valence-corrected chi connectivity index (χ3v) is 6.90. The second kappa shape index (κ2) is 10.9. The number of carbonyl (C=O) groups excluding carboxylic acids is 1. The Balaban J connectivity index is 1.68. The van der Waals surface area contributed by atoms with Crippen LogP contribution in [0.1, 0.15) is 55.1 Å². The van der Waals surface area contributed by atoms with Crippen molar-refractivity contribution in [3.05, 3.63) is 71.1 Å².